The van der Waals surface area contributed by atoms with Crippen molar-refractivity contribution in [2.45, 2.75) is 110 Å². The van der Waals surface area contributed by atoms with Crippen molar-refractivity contribution in [3.05, 3.63) is 10.1 Å². The standard InChI is InChI=1S/C18H37NO3.H3N/c1-2-3-4-5-6-7-8-9-10-11-12-13-14-15-16-17-18-22-19(20)21;/h2-18H2,1H3;1H3. The predicted octanol–water partition coefficient (Wildman–Crippen LogP) is 6.62. The molecule has 3 N–H and O–H groups in total. The first kappa shape index (κ1) is 24.4. The van der Waals surface area contributed by atoms with Crippen LogP contribution >= 0.6 is 0 Å². The highest BCUT2D eigenvalue weighted by Crippen LogP contribution is 2.13. The maximum absolute atomic E-state index is 9.94. The van der Waals surface area contributed by atoms with E-state index in [-0.39, 0.29) is 12.8 Å². The highest BCUT2D eigenvalue weighted by Gasteiger charge is 1.96. The van der Waals surface area contributed by atoms with Gasteiger partial charge < -0.3 is 11.0 Å². The number of hydrogen-bond acceptors (Lipinski definition) is 4. The van der Waals surface area contributed by atoms with E-state index in [0.717, 1.165) is 12.8 Å². The lowest BCUT2D eigenvalue weighted by Crippen LogP contribution is -2.01. The van der Waals surface area contributed by atoms with Crippen molar-refractivity contribution in [3.8, 4) is 0 Å². The maximum atomic E-state index is 9.94. The molecule has 0 aliphatic heterocycles. The summed E-state index contributed by atoms with van der Waals surface area (Å²) in [5.74, 6) is 0. The van der Waals surface area contributed by atoms with Crippen molar-refractivity contribution in [1.29, 1.82) is 0 Å². The zero-order chi connectivity index (χ0) is 16.3. The molecule has 0 heterocycles. The van der Waals surface area contributed by atoms with Gasteiger partial charge in [0.1, 0.15) is 0 Å². The van der Waals surface area contributed by atoms with Crippen LogP contribution in [0.25, 0.3) is 0 Å². The average Bonchev–Trinajstić information content (AvgIpc) is 2.50. The molecule has 5 heteroatoms. The molecule has 0 saturated heterocycles. The Balaban J connectivity index is 0. The Labute approximate surface area is 143 Å². The Kier molecular flexibility index (Phi) is 22.5. The lowest BCUT2D eigenvalue weighted by Gasteiger charge is -2.03. The van der Waals surface area contributed by atoms with Gasteiger partial charge in [-0.3, -0.25) is 0 Å². The first-order chi connectivity index (χ1) is 10.8. The Morgan fingerprint density at radius 3 is 1.26 bits per heavy atom. The molecule has 0 spiro atoms. The van der Waals surface area contributed by atoms with E-state index < -0.39 is 5.09 Å². The Bertz CT molecular complexity index is 238. The van der Waals surface area contributed by atoms with Crippen molar-refractivity contribution in [1.82, 2.24) is 6.15 Å². The van der Waals surface area contributed by atoms with E-state index in [1.54, 1.807) is 0 Å². The first-order valence-corrected chi connectivity index (χ1v) is 9.54. The number of unbranched alkanes of at least 4 members (excludes halogenated alkanes) is 15. The molecule has 0 atom stereocenters. The number of nitrogens with zero attached hydrogens (tertiary/aromatic N) is 1. The maximum Gasteiger partial charge on any atom is 0.294 e. The molecule has 0 amide bonds. The largest absolute Gasteiger partial charge is 0.344 e. The van der Waals surface area contributed by atoms with E-state index in [2.05, 4.69) is 11.8 Å². The predicted molar refractivity (Wildman–Crippen MR) is 97.5 cm³/mol. The summed E-state index contributed by atoms with van der Waals surface area (Å²) in [5.41, 5.74) is 0. The minimum atomic E-state index is -0.703. The van der Waals surface area contributed by atoms with Crippen molar-refractivity contribution < 1.29 is 9.92 Å². The molecule has 5 nitrogen and oxygen atoms in total. The highest BCUT2D eigenvalue weighted by molar-refractivity contribution is 4.49. The molecule has 0 radical (unpaired) electrons. The summed E-state index contributed by atoms with van der Waals surface area (Å²) in [6.45, 7) is 2.52. The van der Waals surface area contributed by atoms with Crippen LogP contribution < -0.4 is 6.15 Å². The van der Waals surface area contributed by atoms with E-state index in [0.29, 0.717) is 0 Å². The quantitative estimate of drug-likeness (QED) is 0.173. The van der Waals surface area contributed by atoms with Gasteiger partial charge in [0.15, 0.2) is 0 Å². The minimum Gasteiger partial charge on any atom is -0.344 e. The normalized spacial score (nSPS) is 10.3. The zero-order valence-electron chi connectivity index (χ0n) is 15.4. The van der Waals surface area contributed by atoms with E-state index in [1.807, 2.05) is 0 Å². The topological polar surface area (TPSA) is 87.4 Å². The molecule has 0 bridgehead atoms. The van der Waals surface area contributed by atoms with Crippen molar-refractivity contribution in [2.24, 2.45) is 0 Å². The van der Waals surface area contributed by atoms with Gasteiger partial charge in [-0.25, -0.2) is 0 Å². The molecular formula is C18H40N2O3. The molecule has 0 aromatic rings. The summed E-state index contributed by atoms with van der Waals surface area (Å²) >= 11 is 0. The fourth-order valence-corrected chi connectivity index (χ4v) is 2.79. The molecule has 0 aromatic carbocycles. The molecule has 0 rings (SSSR count). The molecule has 0 aromatic heterocycles. The molecular weight excluding hydrogens is 292 g/mol. The summed E-state index contributed by atoms with van der Waals surface area (Å²) < 4.78 is 0. The smallest absolute Gasteiger partial charge is 0.294 e. The molecule has 0 aliphatic rings. The van der Waals surface area contributed by atoms with Gasteiger partial charge in [0.25, 0.3) is 5.09 Å². The van der Waals surface area contributed by atoms with Crippen LogP contribution in [0.5, 0.6) is 0 Å². The third-order valence-electron chi connectivity index (χ3n) is 4.19. The Morgan fingerprint density at radius 1 is 0.652 bits per heavy atom. The van der Waals surface area contributed by atoms with Gasteiger partial charge in [-0.1, -0.05) is 103 Å². The lowest BCUT2D eigenvalue weighted by atomic mass is 10.0. The summed E-state index contributed by atoms with van der Waals surface area (Å²) in [6.07, 6.45) is 21.0. The number of hydrogen-bond donors (Lipinski definition) is 1. The summed E-state index contributed by atoms with van der Waals surface area (Å²) in [7, 11) is 0. The monoisotopic (exact) mass is 332 g/mol. The van der Waals surface area contributed by atoms with Crippen LogP contribution in [-0.4, -0.2) is 11.7 Å². The highest BCUT2D eigenvalue weighted by atomic mass is 16.9. The molecule has 0 unspecified atom stereocenters. The van der Waals surface area contributed by atoms with Crippen LogP contribution in [0, 0.1) is 10.1 Å². The molecule has 0 aliphatic carbocycles. The van der Waals surface area contributed by atoms with Crippen LogP contribution in [0.15, 0.2) is 0 Å². The van der Waals surface area contributed by atoms with E-state index >= 15 is 0 Å². The van der Waals surface area contributed by atoms with Crippen molar-refractivity contribution in [3.63, 3.8) is 0 Å². The fourth-order valence-electron chi connectivity index (χ4n) is 2.79. The fraction of sp³-hybridized carbons (Fsp3) is 1.00. The van der Waals surface area contributed by atoms with E-state index in [4.69, 9.17) is 0 Å². The lowest BCUT2D eigenvalue weighted by molar-refractivity contribution is -0.757. The number of rotatable bonds is 18. The zero-order valence-corrected chi connectivity index (χ0v) is 15.4. The summed E-state index contributed by atoms with van der Waals surface area (Å²) in [4.78, 5) is 14.2. The second-order valence-corrected chi connectivity index (χ2v) is 6.36. The van der Waals surface area contributed by atoms with Gasteiger partial charge in [-0.05, 0) is 6.42 Å². The third-order valence-corrected chi connectivity index (χ3v) is 4.19. The van der Waals surface area contributed by atoms with Crippen LogP contribution in [0.4, 0.5) is 0 Å². The van der Waals surface area contributed by atoms with Crippen LogP contribution in [-0.2, 0) is 4.84 Å². The van der Waals surface area contributed by atoms with Crippen molar-refractivity contribution >= 4 is 0 Å². The van der Waals surface area contributed by atoms with Crippen LogP contribution in [0.1, 0.15) is 110 Å². The molecule has 0 saturated carbocycles. The second kappa shape index (κ2) is 21.2. The van der Waals surface area contributed by atoms with Gasteiger partial charge in [0.2, 0.25) is 0 Å². The van der Waals surface area contributed by atoms with Crippen LogP contribution in [0.2, 0.25) is 0 Å². The van der Waals surface area contributed by atoms with Gasteiger partial charge in [0, 0.05) is 0 Å². The third kappa shape index (κ3) is 23.6. The Morgan fingerprint density at radius 2 is 0.957 bits per heavy atom. The summed E-state index contributed by atoms with van der Waals surface area (Å²) in [5, 5.41) is 9.24. The SMILES string of the molecule is CCCCCCCCCCCCCCCCCCO[N+](=O)[O-].N. The van der Waals surface area contributed by atoms with Crippen molar-refractivity contribution in [2.75, 3.05) is 6.61 Å². The average molecular weight is 333 g/mol. The second-order valence-electron chi connectivity index (χ2n) is 6.36. The minimum absolute atomic E-state index is 0. The Hall–Kier alpha value is -0.840. The summed E-state index contributed by atoms with van der Waals surface area (Å²) in [6, 6.07) is 0. The van der Waals surface area contributed by atoms with Crippen LogP contribution in [0.3, 0.4) is 0 Å². The van der Waals surface area contributed by atoms with E-state index in [1.165, 1.54) is 89.9 Å². The molecule has 140 valence electrons. The van der Waals surface area contributed by atoms with Gasteiger partial charge in [0.05, 0.1) is 6.61 Å². The molecule has 0 fully saturated rings. The van der Waals surface area contributed by atoms with Gasteiger partial charge in [-0.15, -0.1) is 10.1 Å². The van der Waals surface area contributed by atoms with Gasteiger partial charge in [-0.2, -0.15) is 0 Å². The molecule has 23 heavy (non-hydrogen) atoms. The first-order valence-electron chi connectivity index (χ1n) is 9.54. The van der Waals surface area contributed by atoms with E-state index in [9.17, 15) is 10.1 Å². The van der Waals surface area contributed by atoms with Gasteiger partial charge >= 0.3 is 0 Å².